The number of hydrogen-bond acceptors (Lipinski definition) is 5. The van der Waals surface area contributed by atoms with Crippen LogP contribution in [0.2, 0.25) is 0 Å². The van der Waals surface area contributed by atoms with Crippen molar-refractivity contribution in [1.29, 1.82) is 0 Å². The molecule has 1 aromatic rings. The molecule has 0 aliphatic carbocycles. The topological polar surface area (TPSA) is 74.8 Å². The normalized spacial score (nSPS) is 14.8. The number of carbonyl (C=O) groups is 2. The standard InChI is InChI=1S/C15H22N4O3/c1-2-22-12-14(20)17-11-15(21)19-9-7-18(8-10-19)13-5-3-4-6-16-13/h3-6H,2,7-12H2,1H3,(H,17,20). The highest BCUT2D eigenvalue weighted by molar-refractivity contribution is 5.85. The first-order chi connectivity index (χ1) is 10.7. The first-order valence-electron chi connectivity index (χ1n) is 7.49. The summed E-state index contributed by atoms with van der Waals surface area (Å²) in [5.74, 6) is 0.604. The quantitative estimate of drug-likeness (QED) is 0.793. The minimum atomic E-state index is -0.262. The molecule has 22 heavy (non-hydrogen) atoms. The first-order valence-corrected chi connectivity index (χ1v) is 7.49. The van der Waals surface area contributed by atoms with Crippen LogP contribution in [-0.2, 0) is 14.3 Å². The molecule has 0 unspecified atom stereocenters. The molecule has 2 heterocycles. The van der Waals surface area contributed by atoms with Gasteiger partial charge in [0, 0.05) is 39.0 Å². The van der Waals surface area contributed by atoms with E-state index < -0.39 is 0 Å². The lowest BCUT2D eigenvalue weighted by molar-refractivity contribution is -0.134. The average Bonchev–Trinajstić information content (AvgIpc) is 2.58. The second-order valence-corrected chi connectivity index (χ2v) is 4.97. The van der Waals surface area contributed by atoms with Crippen molar-refractivity contribution in [1.82, 2.24) is 15.2 Å². The van der Waals surface area contributed by atoms with Crippen LogP contribution in [0.4, 0.5) is 5.82 Å². The van der Waals surface area contributed by atoms with Crippen molar-refractivity contribution < 1.29 is 14.3 Å². The molecule has 0 spiro atoms. The lowest BCUT2D eigenvalue weighted by atomic mass is 10.3. The van der Waals surface area contributed by atoms with E-state index in [1.807, 2.05) is 25.1 Å². The van der Waals surface area contributed by atoms with Crippen LogP contribution in [0.15, 0.2) is 24.4 Å². The largest absolute Gasteiger partial charge is 0.372 e. The molecule has 0 saturated carbocycles. The second kappa shape index (κ2) is 8.33. The van der Waals surface area contributed by atoms with E-state index in [0.29, 0.717) is 19.7 Å². The summed E-state index contributed by atoms with van der Waals surface area (Å²) in [6.07, 6.45) is 1.76. The molecule has 1 fully saturated rings. The molecule has 2 rings (SSSR count). The molecule has 0 atom stereocenters. The number of aromatic nitrogens is 1. The Kier molecular flexibility index (Phi) is 6.14. The van der Waals surface area contributed by atoms with Crippen LogP contribution in [-0.4, -0.2) is 67.6 Å². The highest BCUT2D eigenvalue weighted by atomic mass is 16.5. The van der Waals surface area contributed by atoms with Gasteiger partial charge in [0.1, 0.15) is 12.4 Å². The van der Waals surface area contributed by atoms with E-state index in [1.54, 1.807) is 11.1 Å². The number of amides is 2. The summed E-state index contributed by atoms with van der Waals surface area (Å²) >= 11 is 0. The average molecular weight is 306 g/mol. The molecule has 2 amide bonds. The number of rotatable bonds is 6. The van der Waals surface area contributed by atoms with Crippen molar-refractivity contribution in [2.75, 3.05) is 50.8 Å². The number of nitrogens with one attached hydrogen (secondary N) is 1. The van der Waals surface area contributed by atoms with Crippen LogP contribution in [0, 0.1) is 0 Å². The number of piperazine rings is 1. The maximum atomic E-state index is 12.1. The predicted octanol–water partition coefficient (Wildman–Crippen LogP) is -0.117. The van der Waals surface area contributed by atoms with Gasteiger partial charge in [-0.15, -0.1) is 0 Å². The van der Waals surface area contributed by atoms with Crippen LogP contribution in [0.3, 0.4) is 0 Å². The van der Waals surface area contributed by atoms with Crippen LogP contribution >= 0.6 is 0 Å². The zero-order valence-corrected chi connectivity index (χ0v) is 12.8. The van der Waals surface area contributed by atoms with Gasteiger partial charge >= 0.3 is 0 Å². The van der Waals surface area contributed by atoms with E-state index in [0.717, 1.165) is 18.9 Å². The Morgan fingerprint density at radius 1 is 1.27 bits per heavy atom. The second-order valence-electron chi connectivity index (χ2n) is 4.97. The Morgan fingerprint density at radius 3 is 2.68 bits per heavy atom. The highest BCUT2D eigenvalue weighted by Gasteiger charge is 2.21. The smallest absolute Gasteiger partial charge is 0.246 e. The Balaban J connectivity index is 1.72. The van der Waals surface area contributed by atoms with E-state index in [2.05, 4.69) is 15.2 Å². The van der Waals surface area contributed by atoms with Gasteiger partial charge < -0.3 is 19.9 Å². The van der Waals surface area contributed by atoms with E-state index in [1.165, 1.54) is 0 Å². The van der Waals surface area contributed by atoms with Gasteiger partial charge in [0.25, 0.3) is 0 Å². The zero-order chi connectivity index (χ0) is 15.8. The Morgan fingerprint density at radius 2 is 2.05 bits per heavy atom. The number of pyridine rings is 1. The molecular weight excluding hydrogens is 284 g/mol. The lowest BCUT2D eigenvalue weighted by Gasteiger charge is -2.35. The minimum Gasteiger partial charge on any atom is -0.372 e. The van der Waals surface area contributed by atoms with Crippen molar-refractivity contribution in [2.45, 2.75) is 6.92 Å². The fraction of sp³-hybridized carbons (Fsp3) is 0.533. The highest BCUT2D eigenvalue weighted by Crippen LogP contribution is 2.12. The summed E-state index contributed by atoms with van der Waals surface area (Å²) in [7, 11) is 0. The van der Waals surface area contributed by atoms with Crippen molar-refractivity contribution in [3.05, 3.63) is 24.4 Å². The van der Waals surface area contributed by atoms with Crippen LogP contribution in [0.1, 0.15) is 6.92 Å². The molecule has 120 valence electrons. The maximum absolute atomic E-state index is 12.1. The molecule has 1 N–H and O–H groups in total. The fourth-order valence-corrected chi connectivity index (χ4v) is 2.26. The summed E-state index contributed by atoms with van der Waals surface area (Å²) < 4.78 is 4.99. The van der Waals surface area contributed by atoms with Gasteiger partial charge in [0.05, 0.1) is 6.54 Å². The van der Waals surface area contributed by atoms with Gasteiger partial charge in [-0.2, -0.15) is 0 Å². The molecule has 0 radical (unpaired) electrons. The van der Waals surface area contributed by atoms with Crippen LogP contribution < -0.4 is 10.2 Å². The van der Waals surface area contributed by atoms with Crippen molar-refractivity contribution in [2.24, 2.45) is 0 Å². The van der Waals surface area contributed by atoms with Gasteiger partial charge in [-0.05, 0) is 19.1 Å². The van der Waals surface area contributed by atoms with Crippen molar-refractivity contribution in [3.63, 3.8) is 0 Å². The fourth-order valence-electron chi connectivity index (χ4n) is 2.26. The summed E-state index contributed by atoms with van der Waals surface area (Å²) in [5.41, 5.74) is 0. The molecule has 7 nitrogen and oxygen atoms in total. The van der Waals surface area contributed by atoms with E-state index in [4.69, 9.17) is 4.74 Å². The predicted molar refractivity (Wildman–Crippen MR) is 82.5 cm³/mol. The van der Waals surface area contributed by atoms with Crippen molar-refractivity contribution in [3.8, 4) is 0 Å². The Labute approximate surface area is 130 Å². The van der Waals surface area contributed by atoms with E-state index >= 15 is 0 Å². The zero-order valence-electron chi connectivity index (χ0n) is 12.8. The van der Waals surface area contributed by atoms with Crippen molar-refractivity contribution >= 4 is 17.6 Å². The summed E-state index contributed by atoms with van der Waals surface area (Å²) in [6.45, 7) is 5.09. The lowest BCUT2D eigenvalue weighted by Crippen LogP contribution is -2.51. The Bertz CT molecular complexity index is 487. The minimum absolute atomic E-state index is 0.00274. The molecule has 1 aliphatic rings. The number of ether oxygens (including phenoxy) is 1. The maximum Gasteiger partial charge on any atom is 0.246 e. The Hall–Kier alpha value is -2.15. The van der Waals surface area contributed by atoms with E-state index in [-0.39, 0.29) is 25.0 Å². The van der Waals surface area contributed by atoms with Gasteiger partial charge in [0.2, 0.25) is 11.8 Å². The molecule has 7 heteroatoms. The monoisotopic (exact) mass is 306 g/mol. The van der Waals surface area contributed by atoms with Crippen LogP contribution in [0.25, 0.3) is 0 Å². The molecule has 0 bridgehead atoms. The molecular formula is C15H22N4O3. The molecule has 1 aromatic heterocycles. The van der Waals surface area contributed by atoms with Gasteiger partial charge in [0.15, 0.2) is 0 Å². The van der Waals surface area contributed by atoms with Gasteiger partial charge in [-0.1, -0.05) is 6.07 Å². The summed E-state index contributed by atoms with van der Waals surface area (Å²) in [4.78, 5) is 31.7. The number of carbonyl (C=O) groups excluding carboxylic acids is 2. The third-order valence-corrected chi connectivity index (χ3v) is 3.48. The third-order valence-electron chi connectivity index (χ3n) is 3.48. The summed E-state index contributed by atoms with van der Waals surface area (Å²) in [6, 6.07) is 5.80. The van der Waals surface area contributed by atoms with Gasteiger partial charge in [-0.3, -0.25) is 9.59 Å². The molecule has 1 aliphatic heterocycles. The SMILES string of the molecule is CCOCC(=O)NCC(=O)N1CCN(c2ccccn2)CC1. The number of anilines is 1. The first kappa shape index (κ1) is 16.2. The summed E-state index contributed by atoms with van der Waals surface area (Å²) in [5, 5.41) is 2.58. The third kappa shape index (κ3) is 4.70. The molecule has 1 saturated heterocycles. The van der Waals surface area contributed by atoms with Crippen LogP contribution in [0.5, 0.6) is 0 Å². The number of hydrogen-bond donors (Lipinski definition) is 1. The van der Waals surface area contributed by atoms with E-state index in [9.17, 15) is 9.59 Å². The molecule has 0 aromatic carbocycles. The number of nitrogens with zero attached hydrogens (tertiary/aromatic N) is 3. The van der Waals surface area contributed by atoms with Gasteiger partial charge in [-0.25, -0.2) is 4.98 Å².